The van der Waals surface area contributed by atoms with E-state index in [0.29, 0.717) is 22.0 Å². The number of hydrogen-bond donors (Lipinski definition) is 2. The zero-order valence-electron chi connectivity index (χ0n) is 12.4. The highest BCUT2D eigenvalue weighted by molar-refractivity contribution is 6.30. The predicted octanol–water partition coefficient (Wildman–Crippen LogP) is 3.27. The van der Waals surface area contributed by atoms with Gasteiger partial charge in [0.2, 0.25) is 5.91 Å². The van der Waals surface area contributed by atoms with Gasteiger partial charge in [-0.15, -0.1) is 0 Å². The minimum Gasteiger partial charge on any atom is -0.324 e. The number of benzene rings is 2. The summed E-state index contributed by atoms with van der Waals surface area (Å²) in [4.78, 5) is 24.0. The second-order valence-corrected chi connectivity index (χ2v) is 5.59. The number of H-pyrrole nitrogens is 1. The molecule has 0 radical (unpaired) electrons. The summed E-state index contributed by atoms with van der Waals surface area (Å²) in [5, 5.41) is 6.08. The zero-order valence-corrected chi connectivity index (χ0v) is 13.2. The molecule has 1 heterocycles. The van der Waals surface area contributed by atoms with E-state index in [1.54, 1.807) is 36.4 Å². The predicted molar refractivity (Wildman–Crippen MR) is 90.5 cm³/mol. The van der Waals surface area contributed by atoms with Gasteiger partial charge in [-0.05, 0) is 54.1 Å². The number of halogens is 2. The molecule has 3 aromatic rings. The lowest BCUT2D eigenvalue weighted by molar-refractivity contribution is -0.116. The van der Waals surface area contributed by atoms with Crippen molar-refractivity contribution in [3.8, 4) is 11.3 Å². The van der Waals surface area contributed by atoms with E-state index >= 15 is 0 Å². The molecule has 5 nitrogen and oxygen atoms in total. The number of hydrogen-bond acceptors (Lipinski definition) is 2. The first-order valence-corrected chi connectivity index (χ1v) is 7.50. The monoisotopic (exact) mass is 345 g/mol. The van der Waals surface area contributed by atoms with Crippen molar-refractivity contribution in [1.82, 2.24) is 9.78 Å². The number of rotatable bonds is 4. The Morgan fingerprint density at radius 2 is 1.79 bits per heavy atom. The van der Waals surface area contributed by atoms with E-state index in [4.69, 9.17) is 11.6 Å². The smallest absolute Gasteiger partial charge is 0.267 e. The quantitative estimate of drug-likeness (QED) is 0.762. The molecular weight excluding hydrogens is 333 g/mol. The van der Waals surface area contributed by atoms with Crippen LogP contribution < -0.4 is 10.9 Å². The van der Waals surface area contributed by atoms with Gasteiger partial charge in [0.15, 0.2) is 0 Å². The molecule has 7 heteroatoms. The van der Waals surface area contributed by atoms with Crippen molar-refractivity contribution in [2.24, 2.45) is 0 Å². The maximum atomic E-state index is 13.0. The number of carbonyl (C=O) groups is 1. The molecule has 122 valence electrons. The van der Waals surface area contributed by atoms with Gasteiger partial charge in [0, 0.05) is 16.8 Å². The van der Waals surface area contributed by atoms with E-state index in [9.17, 15) is 14.0 Å². The first-order valence-electron chi connectivity index (χ1n) is 7.12. The minimum atomic E-state index is -0.358. The third kappa shape index (κ3) is 3.72. The van der Waals surface area contributed by atoms with Crippen LogP contribution in [-0.4, -0.2) is 15.7 Å². The van der Waals surface area contributed by atoms with E-state index < -0.39 is 0 Å². The van der Waals surface area contributed by atoms with Crippen LogP contribution in [0.25, 0.3) is 11.3 Å². The number of carbonyl (C=O) groups excluding carboxylic acids is 1. The van der Waals surface area contributed by atoms with E-state index in [1.165, 1.54) is 22.9 Å². The van der Waals surface area contributed by atoms with Crippen molar-refractivity contribution in [3.63, 3.8) is 0 Å². The molecule has 0 aliphatic carbocycles. The Bertz CT molecular complexity index is 914. The molecule has 0 saturated heterocycles. The molecule has 0 fully saturated rings. The van der Waals surface area contributed by atoms with E-state index in [0.717, 1.165) is 0 Å². The van der Waals surface area contributed by atoms with E-state index in [1.807, 2.05) is 0 Å². The number of nitrogens with one attached hydrogen (secondary N) is 2. The van der Waals surface area contributed by atoms with Gasteiger partial charge in [-0.3, -0.25) is 14.7 Å². The fourth-order valence-corrected chi connectivity index (χ4v) is 2.33. The van der Waals surface area contributed by atoms with Gasteiger partial charge in [0.1, 0.15) is 12.4 Å². The third-order valence-corrected chi connectivity index (χ3v) is 3.63. The van der Waals surface area contributed by atoms with Crippen molar-refractivity contribution in [1.29, 1.82) is 0 Å². The van der Waals surface area contributed by atoms with E-state index in [2.05, 4.69) is 10.4 Å². The van der Waals surface area contributed by atoms with Crippen LogP contribution in [0.2, 0.25) is 5.02 Å². The molecule has 0 atom stereocenters. The molecule has 24 heavy (non-hydrogen) atoms. The Kier molecular flexibility index (Phi) is 4.48. The van der Waals surface area contributed by atoms with Crippen LogP contribution in [0.5, 0.6) is 0 Å². The summed E-state index contributed by atoms with van der Waals surface area (Å²) in [6.07, 6.45) is 0. The summed E-state index contributed by atoms with van der Waals surface area (Å²) in [7, 11) is 0. The highest BCUT2D eigenvalue weighted by Gasteiger charge is 2.09. The second kappa shape index (κ2) is 6.72. The Morgan fingerprint density at radius 1 is 1.12 bits per heavy atom. The highest BCUT2D eigenvalue weighted by atomic mass is 35.5. The summed E-state index contributed by atoms with van der Waals surface area (Å²) in [6.45, 7) is -0.164. The van der Waals surface area contributed by atoms with Crippen LogP contribution in [-0.2, 0) is 11.3 Å². The molecule has 0 aliphatic heterocycles. The molecular formula is C17H13ClFN3O2. The average molecular weight is 346 g/mol. The van der Waals surface area contributed by atoms with Gasteiger partial charge in [-0.25, -0.2) is 9.07 Å². The molecule has 2 N–H and O–H groups in total. The van der Waals surface area contributed by atoms with Crippen molar-refractivity contribution >= 4 is 23.2 Å². The topological polar surface area (TPSA) is 66.9 Å². The molecule has 1 amide bonds. The molecule has 0 saturated carbocycles. The van der Waals surface area contributed by atoms with Gasteiger partial charge >= 0.3 is 0 Å². The maximum absolute atomic E-state index is 13.0. The number of nitrogens with zero attached hydrogens (tertiary/aromatic N) is 1. The van der Waals surface area contributed by atoms with Crippen LogP contribution in [0.15, 0.2) is 59.4 Å². The van der Waals surface area contributed by atoms with Crippen LogP contribution in [0.4, 0.5) is 10.1 Å². The summed E-state index contributed by atoms with van der Waals surface area (Å²) in [6, 6.07) is 13.7. The standard InChI is InChI=1S/C17H13ClFN3O2/c18-12-3-7-14(8-4-12)20-16(23)10-22-17(24)9-15(21-22)11-1-5-13(19)6-2-11/h1-9,21H,10H2,(H,20,23). The van der Waals surface area contributed by atoms with Gasteiger partial charge < -0.3 is 5.32 Å². The van der Waals surface area contributed by atoms with Gasteiger partial charge in [-0.1, -0.05) is 11.6 Å². The summed E-state index contributed by atoms with van der Waals surface area (Å²) < 4.78 is 14.1. The Balaban J connectivity index is 1.73. The maximum Gasteiger partial charge on any atom is 0.267 e. The SMILES string of the molecule is O=C(Cn1[nH]c(-c2ccc(F)cc2)cc1=O)Nc1ccc(Cl)cc1. The molecule has 0 bridgehead atoms. The van der Waals surface area contributed by atoms with Crippen molar-refractivity contribution in [3.05, 3.63) is 75.8 Å². The summed E-state index contributed by atoms with van der Waals surface area (Å²) >= 11 is 5.78. The highest BCUT2D eigenvalue weighted by Crippen LogP contribution is 2.16. The van der Waals surface area contributed by atoms with Crippen LogP contribution in [0, 0.1) is 5.82 Å². The van der Waals surface area contributed by atoms with Crippen LogP contribution in [0.1, 0.15) is 0 Å². The van der Waals surface area contributed by atoms with Gasteiger partial charge in [0.25, 0.3) is 5.56 Å². The number of aromatic nitrogens is 2. The first kappa shape index (κ1) is 16.0. The minimum absolute atomic E-state index is 0.164. The zero-order chi connectivity index (χ0) is 17.1. The van der Waals surface area contributed by atoms with Crippen LogP contribution in [0.3, 0.4) is 0 Å². The molecule has 0 spiro atoms. The molecule has 0 unspecified atom stereocenters. The lowest BCUT2D eigenvalue weighted by Gasteiger charge is -2.06. The van der Waals surface area contributed by atoms with Crippen LogP contribution >= 0.6 is 11.6 Å². The Morgan fingerprint density at radius 3 is 2.46 bits per heavy atom. The molecule has 0 aliphatic rings. The molecule has 2 aromatic carbocycles. The largest absolute Gasteiger partial charge is 0.324 e. The average Bonchev–Trinajstić information content (AvgIpc) is 2.91. The molecule has 1 aromatic heterocycles. The molecule has 3 rings (SSSR count). The van der Waals surface area contributed by atoms with Gasteiger partial charge in [-0.2, -0.15) is 0 Å². The third-order valence-electron chi connectivity index (χ3n) is 3.37. The Labute approximate surface area is 141 Å². The van der Waals surface area contributed by atoms with Crippen molar-refractivity contribution in [2.45, 2.75) is 6.54 Å². The van der Waals surface area contributed by atoms with E-state index in [-0.39, 0.29) is 23.8 Å². The normalized spacial score (nSPS) is 10.6. The lowest BCUT2D eigenvalue weighted by atomic mass is 10.1. The van der Waals surface area contributed by atoms with Crippen molar-refractivity contribution < 1.29 is 9.18 Å². The number of anilines is 1. The fourth-order valence-electron chi connectivity index (χ4n) is 2.21. The summed E-state index contributed by atoms with van der Waals surface area (Å²) in [5.41, 5.74) is 1.41. The fraction of sp³-hybridized carbons (Fsp3) is 0.0588. The van der Waals surface area contributed by atoms with Gasteiger partial charge in [0.05, 0.1) is 5.69 Å². The Hall–Kier alpha value is -2.86. The number of aromatic amines is 1. The second-order valence-electron chi connectivity index (χ2n) is 5.16. The summed E-state index contributed by atoms with van der Waals surface area (Å²) in [5.74, 6) is -0.713. The number of amides is 1. The first-order chi connectivity index (χ1) is 11.5. The van der Waals surface area contributed by atoms with Crippen molar-refractivity contribution in [2.75, 3.05) is 5.32 Å². The lowest BCUT2D eigenvalue weighted by Crippen LogP contribution is -2.25.